The van der Waals surface area contributed by atoms with Crippen LogP contribution in [0.3, 0.4) is 0 Å². The van der Waals surface area contributed by atoms with Crippen LogP contribution in [0.1, 0.15) is 39.5 Å². The summed E-state index contributed by atoms with van der Waals surface area (Å²) >= 11 is 0. The van der Waals surface area contributed by atoms with Gasteiger partial charge in [0.1, 0.15) is 12.1 Å². The average molecular weight is 284 g/mol. The van der Waals surface area contributed by atoms with Crippen LogP contribution in [0, 0.1) is 5.41 Å². The van der Waals surface area contributed by atoms with Crippen LogP contribution in [0.2, 0.25) is 0 Å². The number of aromatic nitrogens is 2. The lowest BCUT2D eigenvalue weighted by molar-refractivity contribution is 0.199. The number of hydrogen-bond acceptors (Lipinski definition) is 4. The summed E-state index contributed by atoms with van der Waals surface area (Å²) in [6.07, 6.45) is 6.70. The van der Waals surface area contributed by atoms with Gasteiger partial charge in [-0.1, -0.05) is 26.7 Å². The van der Waals surface area contributed by atoms with Gasteiger partial charge in [-0.25, -0.2) is 9.97 Å². The van der Waals surface area contributed by atoms with E-state index in [0.717, 1.165) is 35.5 Å². The number of hydrogen-bond donors (Lipinski definition) is 1. The fourth-order valence-electron chi connectivity index (χ4n) is 3.46. The van der Waals surface area contributed by atoms with E-state index < -0.39 is 0 Å². The van der Waals surface area contributed by atoms with Gasteiger partial charge in [-0.2, -0.15) is 0 Å². The van der Waals surface area contributed by atoms with Crippen molar-refractivity contribution in [2.45, 2.75) is 39.5 Å². The minimum Gasteiger partial charge on any atom is -0.399 e. The second-order valence-corrected chi connectivity index (χ2v) is 6.17. The molecule has 1 aliphatic rings. The molecular weight excluding hydrogens is 260 g/mol. The summed E-state index contributed by atoms with van der Waals surface area (Å²) in [5.74, 6) is 1.06. The monoisotopic (exact) mass is 284 g/mol. The summed E-state index contributed by atoms with van der Waals surface area (Å²) in [7, 11) is 0. The molecule has 0 saturated carbocycles. The summed E-state index contributed by atoms with van der Waals surface area (Å²) in [5, 5.41) is 1.10. The summed E-state index contributed by atoms with van der Waals surface area (Å²) in [6.45, 7) is 6.81. The summed E-state index contributed by atoms with van der Waals surface area (Å²) in [6, 6.07) is 5.90. The van der Waals surface area contributed by atoms with Gasteiger partial charge in [0.25, 0.3) is 0 Å². The summed E-state index contributed by atoms with van der Waals surface area (Å²) in [5.41, 5.74) is 8.07. The normalized spacial score (nSPS) is 18.1. The third-order valence-corrected chi connectivity index (χ3v) is 5.26. The van der Waals surface area contributed by atoms with E-state index in [0.29, 0.717) is 5.41 Å². The molecule has 2 aromatic rings. The third kappa shape index (κ3) is 2.55. The molecule has 4 heteroatoms. The van der Waals surface area contributed by atoms with Crippen LogP contribution in [0.15, 0.2) is 24.5 Å². The maximum absolute atomic E-state index is 5.85. The van der Waals surface area contributed by atoms with Crippen LogP contribution in [-0.4, -0.2) is 23.1 Å². The maximum atomic E-state index is 5.85. The smallest absolute Gasteiger partial charge is 0.139 e. The number of rotatable bonds is 3. The van der Waals surface area contributed by atoms with E-state index in [4.69, 9.17) is 5.73 Å². The van der Waals surface area contributed by atoms with Crippen LogP contribution in [0.5, 0.6) is 0 Å². The molecule has 1 aromatic heterocycles. The first kappa shape index (κ1) is 14.1. The molecular formula is C17H24N4. The number of benzene rings is 1. The number of fused-ring (bicyclic) bond motifs is 1. The minimum absolute atomic E-state index is 0.532. The van der Waals surface area contributed by atoms with Crippen LogP contribution in [0.4, 0.5) is 11.5 Å². The Bertz CT molecular complexity index is 624. The average Bonchev–Trinajstić information content (AvgIpc) is 2.54. The zero-order valence-corrected chi connectivity index (χ0v) is 13.0. The van der Waals surface area contributed by atoms with Gasteiger partial charge in [-0.15, -0.1) is 0 Å². The minimum atomic E-state index is 0.532. The van der Waals surface area contributed by atoms with E-state index in [9.17, 15) is 0 Å². The highest BCUT2D eigenvalue weighted by molar-refractivity contribution is 5.91. The quantitative estimate of drug-likeness (QED) is 0.875. The summed E-state index contributed by atoms with van der Waals surface area (Å²) in [4.78, 5) is 11.3. The maximum Gasteiger partial charge on any atom is 0.139 e. The molecule has 1 aromatic carbocycles. The van der Waals surface area contributed by atoms with Crippen molar-refractivity contribution in [3.8, 4) is 0 Å². The van der Waals surface area contributed by atoms with E-state index in [-0.39, 0.29) is 0 Å². The van der Waals surface area contributed by atoms with Crippen molar-refractivity contribution in [2.24, 2.45) is 5.41 Å². The lowest BCUT2D eigenvalue weighted by Crippen LogP contribution is -2.40. The van der Waals surface area contributed by atoms with Crippen molar-refractivity contribution >= 4 is 22.4 Å². The fraction of sp³-hybridized carbons (Fsp3) is 0.529. The zero-order chi connectivity index (χ0) is 14.9. The van der Waals surface area contributed by atoms with Crippen LogP contribution < -0.4 is 10.6 Å². The molecule has 1 aliphatic heterocycles. The largest absolute Gasteiger partial charge is 0.399 e. The highest BCUT2D eigenvalue weighted by Crippen LogP contribution is 2.39. The molecule has 0 aliphatic carbocycles. The second kappa shape index (κ2) is 5.51. The molecule has 0 bridgehead atoms. The van der Waals surface area contributed by atoms with E-state index in [1.165, 1.54) is 25.7 Å². The van der Waals surface area contributed by atoms with Crippen LogP contribution in [0.25, 0.3) is 10.9 Å². The molecule has 0 spiro atoms. The molecule has 21 heavy (non-hydrogen) atoms. The van der Waals surface area contributed by atoms with E-state index in [1.807, 2.05) is 18.2 Å². The van der Waals surface area contributed by atoms with E-state index in [1.54, 1.807) is 6.33 Å². The van der Waals surface area contributed by atoms with Crippen molar-refractivity contribution in [3.63, 3.8) is 0 Å². The lowest BCUT2D eigenvalue weighted by atomic mass is 9.74. The Morgan fingerprint density at radius 1 is 1.14 bits per heavy atom. The van der Waals surface area contributed by atoms with Crippen LogP contribution >= 0.6 is 0 Å². The Hall–Kier alpha value is -1.84. The Morgan fingerprint density at radius 2 is 1.86 bits per heavy atom. The van der Waals surface area contributed by atoms with Gasteiger partial charge < -0.3 is 10.6 Å². The van der Waals surface area contributed by atoms with Gasteiger partial charge >= 0.3 is 0 Å². The van der Waals surface area contributed by atoms with E-state index in [2.05, 4.69) is 28.7 Å². The predicted octanol–water partition coefficient (Wildman–Crippen LogP) is 3.62. The Labute approximate surface area is 126 Å². The SMILES string of the molecule is CCC1(CC)CCN(c2ncnc3cc(N)ccc23)CC1. The van der Waals surface area contributed by atoms with Gasteiger partial charge in [0.2, 0.25) is 0 Å². The predicted molar refractivity (Wildman–Crippen MR) is 88.4 cm³/mol. The zero-order valence-electron chi connectivity index (χ0n) is 13.0. The van der Waals surface area contributed by atoms with Crippen molar-refractivity contribution < 1.29 is 0 Å². The first-order chi connectivity index (χ1) is 10.2. The fourth-order valence-corrected chi connectivity index (χ4v) is 3.46. The molecule has 3 rings (SSSR count). The number of nitrogens with zero attached hydrogens (tertiary/aromatic N) is 3. The van der Waals surface area contributed by atoms with Crippen molar-refractivity contribution in [1.29, 1.82) is 0 Å². The third-order valence-electron chi connectivity index (χ3n) is 5.26. The Balaban J connectivity index is 1.89. The molecule has 1 fully saturated rings. The molecule has 2 N–H and O–H groups in total. The van der Waals surface area contributed by atoms with Crippen molar-refractivity contribution in [2.75, 3.05) is 23.7 Å². The van der Waals surface area contributed by atoms with E-state index >= 15 is 0 Å². The van der Waals surface area contributed by atoms with Gasteiger partial charge in [0.15, 0.2) is 0 Å². The number of nitrogen functional groups attached to an aromatic ring is 1. The van der Waals surface area contributed by atoms with Gasteiger partial charge in [0, 0.05) is 24.2 Å². The second-order valence-electron chi connectivity index (χ2n) is 6.17. The molecule has 0 radical (unpaired) electrons. The molecule has 0 amide bonds. The molecule has 4 nitrogen and oxygen atoms in total. The van der Waals surface area contributed by atoms with Gasteiger partial charge in [0.05, 0.1) is 5.52 Å². The number of piperidine rings is 1. The van der Waals surface area contributed by atoms with Gasteiger partial charge in [-0.05, 0) is 36.5 Å². The topological polar surface area (TPSA) is 55.0 Å². The summed E-state index contributed by atoms with van der Waals surface area (Å²) < 4.78 is 0. The Kier molecular flexibility index (Phi) is 3.70. The van der Waals surface area contributed by atoms with Crippen LogP contribution in [-0.2, 0) is 0 Å². The van der Waals surface area contributed by atoms with Crippen molar-refractivity contribution in [3.05, 3.63) is 24.5 Å². The lowest BCUT2D eigenvalue weighted by Gasteiger charge is -2.41. The molecule has 1 saturated heterocycles. The molecule has 112 valence electrons. The van der Waals surface area contributed by atoms with Crippen molar-refractivity contribution in [1.82, 2.24) is 9.97 Å². The standard InChI is InChI=1S/C17H24N4/c1-3-17(4-2)7-9-21(10-8-17)16-14-6-5-13(18)11-15(14)19-12-20-16/h5-6,11-12H,3-4,7-10,18H2,1-2H3. The molecule has 0 atom stereocenters. The van der Waals surface area contributed by atoms with Gasteiger partial charge in [-0.3, -0.25) is 0 Å². The number of anilines is 2. The highest BCUT2D eigenvalue weighted by Gasteiger charge is 2.32. The number of nitrogens with two attached hydrogens (primary N) is 1. The molecule has 2 heterocycles. The first-order valence-electron chi connectivity index (χ1n) is 7.92. The molecule has 0 unspecified atom stereocenters. The highest BCUT2D eigenvalue weighted by atomic mass is 15.2. The Morgan fingerprint density at radius 3 is 2.52 bits per heavy atom. The first-order valence-corrected chi connectivity index (χ1v) is 7.92.